The quantitative estimate of drug-likeness (QED) is 0.560. The molecule has 184 valence electrons. The van der Waals surface area contributed by atoms with Crippen molar-refractivity contribution >= 4 is 11.8 Å². The van der Waals surface area contributed by atoms with Crippen LogP contribution >= 0.6 is 0 Å². The molecule has 1 atom stereocenters. The fraction of sp³-hybridized carbons (Fsp3) is 0.500. The van der Waals surface area contributed by atoms with Gasteiger partial charge >= 0.3 is 0 Å². The molecule has 0 spiro atoms. The molecular weight excluding hydrogens is 428 g/mol. The fourth-order valence-electron chi connectivity index (χ4n) is 4.64. The van der Waals surface area contributed by atoms with Gasteiger partial charge in [-0.15, -0.1) is 0 Å². The van der Waals surface area contributed by atoms with Crippen molar-refractivity contribution in [2.24, 2.45) is 5.41 Å². The Labute approximate surface area is 203 Å². The van der Waals surface area contributed by atoms with E-state index in [0.717, 1.165) is 29.5 Å². The summed E-state index contributed by atoms with van der Waals surface area (Å²) in [5, 5.41) is 1.55. The monoisotopic (exact) mass is 466 g/mol. The van der Waals surface area contributed by atoms with Gasteiger partial charge in [0.2, 0.25) is 0 Å². The summed E-state index contributed by atoms with van der Waals surface area (Å²) < 4.78 is 11.5. The SMILES string of the molecule is CCCC(N(NC(=O)c1ccc2c(c1CC)OCCO2)C(=O)c1cc(C)cc(C)c1)C(C)(C)C. The van der Waals surface area contributed by atoms with Crippen LogP contribution in [0, 0.1) is 19.3 Å². The molecule has 0 radical (unpaired) electrons. The summed E-state index contributed by atoms with van der Waals surface area (Å²) in [7, 11) is 0. The van der Waals surface area contributed by atoms with E-state index in [2.05, 4.69) is 33.1 Å². The third-order valence-electron chi connectivity index (χ3n) is 6.19. The molecule has 1 aliphatic heterocycles. The molecule has 1 heterocycles. The van der Waals surface area contributed by atoms with Crippen LogP contribution in [0.3, 0.4) is 0 Å². The Morgan fingerprint density at radius 3 is 2.26 bits per heavy atom. The minimum absolute atomic E-state index is 0.183. The van der Waals surface area contributed by atoms with Gasteiger partial charge in [-0.2, -0.15) is 0 Å². The molecule has 1 N–H and O–H groups in total. The number of amides is 2. The first-order chi connectivity index (χ1) is 16.1. The van der Waals surface area contributed by atoms with Gasteiger partial charge < -0.3 is 9.47 Å². The first kappa shape index (κ1) is 25.6. The molecule has 6 heteroatoms. The molecule has 0 aromatic heterocycles. The Hall–Kier alpha value is -3.02. The van der Waals surface area contributed by atoms with Crippen LogP contribution in [0.5, 0.6) is 11.5 Å². The number of carbonyl (C=O) groups excluding carboxylic acids is 2. The van der Waals surface area contributed by atoms with E-state index in [9.17, 15) is 9.59 Å². The van der Waals surface area contributed by atoms with Crippen LogP contribution in [0.25, 0.3) is 0 Å². The third kappa shape index (κ3) is 5.54. The molecule has 2 aromatic carbocycles. The van der Waals surface area contributed by atoms with E-state index in [4.69, 9.17) is 9.47 Å². The molecule has 1 unspecified atom stereocenters. The molecule has 0 bridgehead atoms. The topological polar surface area (TPSA) is 67.9 Å². The van der Waals surface area contributed by atoms with E-state index in [-0.39, 0.29) is 23.3 Å². The molecule has 34 heavy (non-hydrogen) atoms. The fourth-order valence-corrected chi connectivity index (χ4v) is 4.64. The second-order valence-corrected chi connectivity index (χ2v) is 10.1. The average Bonchev–Trinajstić information content (AvgIpc) is 2.78. The summed E-state index contributed by atoms with van der Waals surface area (Å²) in [6.07, 6.45) is 2.26. The van der Waals surface area contributed by atoms with Gasteiger partial charge in [-0.25, -0.2) is 5.01 Å². The highest BCUT2D eigenvalue weighted by molar-refractivity contribution is 6.00. The van der Waals surface area contributed by atoms with Gasteiger partial charge in [0.25, 0.3) is 11.8 Å². The Kier molecular flexibility index (Phi) is 7.90. The van der Waals surface area contributed by atoms with E-state index in [1.165, 1.54) is 0 Å². The highest BCUT2D eigenvalue weighted by atomic mass is 16.6. The number of benzene rings is 2. The number of aryl methyl sites for hydroxylation is 2. The molecule has 0 saturated heterocycles. The van der Waals surface area contributed by atoms with Crippen LogP contribution < -0.4 is 14.9 Å². The molecule has 2 amide bonds. The second-order valence-electron chi connectivity index (χ2n) is 10.1. The van der Waals surface area contributed by atoms with E-state index < -0.39 is 0 Å². The number of hydrazine groups is 1. The molecule has 0 saturated carbocycles. The highest BCUT2D eigenvalue weighted by Crippen LogP contribution is 2.36. The normalized spacial score (nSPS) is 13.9. The van der Waals surface area contributed by atoms with Crippen LogP contribution in [-0.4, -0.2) is 36.1 Å². The van der Waals surface area contributed by atoms with E-state index in [0.29, 0.717) is 42.3 Å². The zero-order chi connectivity index (χ0) is 25.0. The number of nitrogens with zero attached hydrogens (tertiary/aromatic N) is 1. The van der Waals surface area contributed by atoms with Gasteiger partial charge in [0, 0.05) is 16.7 Å². The number of hydrogen-bond acceptors (Lipinski definition) is 4. The third-order valence-corrected chi connectivity index (χ3v) is 6.19. The zero-order valence-corrected chi connectivity index (χ0v) is 21.6. The van der Waals surface area contributed by atoms with Crippen molar-refractivity contribution in [3.63, 3.8) is 0 Å². The molecule has 2 aromatic rings. The zero-order valence-electron chi connectivity index (χ0n) is 21.6. The van der Waals surface area contributed by atoms with Gasteiger partial charge in [0.1, 0.15) is 13.2 Å². The summed E-state index contributed by atoms with van der Waals surface area (Å²) in [4.78, 5) is 27.5. The van der Waals surface area contributed by atoms with Crippen molar-refractivity contribution < 1.29 is 19.1 Å². The Bertz CT molecular complexity index is 1030. The van der Waals surface area contributed by atoms with Crippen LogP contribution in [0.4, 0.5) is 0 Å². The minimum atomic E-state index is -0.322. The van der Waals surface area contributed by atoms with Crippen molar-refractivity contribution in [1.82, 2.24) is 10.4 Å². The summed E-state index contributed by atoms with van der Waals surface area (Å²) in [6, 6.07) is 9.13. The lowest BCUT2D eigenvalue weighted by Crippen LogP contribution is -2.56. The molecular formula is C28H38N2O4. The van der Waals surface area contributed by atoms with Gasteiger partial charge in [-0.05, 0) is 56.4 Å². The Morgan fingerprint density at radius 2 is 1.68 bits per heavy atom. The van der Waals surface area contributed by atoms with Gasteiger partial charge in [0.15, 0.2) is 11.5 Å². The first-order valence-electron chi connectivity index (χ1n) is 12.2. The summed E-state index contributed by atoms with van der Waals surface area (Å²) >= 11 is 0. The van der Waals surface area contributed by atoms with Gasteiger partial charge in [-0.3, -0.25) is 15.0 Å². The second kappa shape index (κ2) is 10.5. The summed E-state index contributed by atoms with van der Waals surface area (Å²) in [5.41, 5.74) is 6.63. The largest absolute Gasteiger partial charge is 0.486 e. The first-order valence-corrected chi connectivity index (χ1v) is 12.2. The van der Waals surface area contributed by atoms with Crippen LogP contribution in [-0.2, 0) is 6.42 Å². The molecule has 3 rings (SSSR count). The number of ether oxygens (including phenoxy) is 2. The summed E-state index contributed by atoms with van der Waals surface area (Å²) in [5.74, 6) is 0.747. The number of rotatable bonds is 6. The van der Waals surface area contributed by atoms with Crippen molar-refractivity contribution in [1.29, 1.82) is 0 Å². The van der Waals surface area contributed by atoms with E-state index in [1.54, 1.807) is 17.1 Å². The number of nitrogens with one attached hydrogen (secondary N) is 1. The predicted octanol–water partition coefficient (Wildman–Crippen LogP) is 5.64. The molecule has 1 aliphatic rings. The minimum Gasteiger partial charge on any atom is -0.486 e. The molecule has 0 aliphatic carbocycles. The lowest BCUT2D eigenvalue weighted by molar-refractivity contribution is 0.0270. The van der Waals surface area contributed by atoms with E-state index >= 15 is 0 Å². The Balaban J connectivity index is 2.03. The Morgan fingerprint density at radius 1 is 1.03 bits per heavy atom. The van der Waals surface area contributed by atoms with Crippen molar-refractivity contribution in [3.8, 4) is 11.5 Å². The smallest absolute Gasteiger partial charge is 0.272 e. The number of carbonyl (C=O) groups is 2. The van der Waals surface area contributed by atoms with Gasteiger partial charge in [0.05, 0.1) is 6.04 Å². The van der Waals surface area contributed by atoms with Crippen molar-refractivity contribution in [3.05, 3.63) is 58.1 Å². The van der Waals surface area contributed by atoms with Crippen molar-refractivity contribution in [2.45, 2.75) is 73.8 Å². The van der Waals surface area contributed by atoms with Crippen LogP contribution in [0.2, 0.25) is 0 Å². The number of fused-ring (bicyclic) bond motifs is 1. The summed E-state index contributed by atoms with van der Waals surface area (Å²) in [6.45, 7) is 15.3. The van der Waals surface area contributed by atoms with Crippen LogP contribution in [0.1, 0.15) is 84.9 Å². The molecule has 0 fully saturated rings. The highest BCUT2D eigenvalue weighted by Gasteiger charge is 2.35. The van der Waals surface area contributed by atoms with Crippen LogP contribution in [0.15, 0.2) is 30.3 Å². The molecule has 6 nitrogen and oxygen atoms in total. The number of hydrogen-bond donors (Lipinski definition) is 1. The average molecular weight is 467 g/mol. The lowest BCUT2D eigenvalue weighted by atomic mass is 9.83. The van der Waals surface area contributed by atoms with Crippen molar-refractivity contribution in [2.75, 3.05) is 13.2 Å². The standard InChI is InChI=1S/C28H38N2O4/c1-8-10-24(28(5,6)7)30(27(32)20-16-18(3)15-19(4)17-20)29-26(31)22-11-12-23-25(21(22)9-2)34-14-13-33-23/h11-12,15-17,24H,8-10,13-14H2,1-7H3,(H,29,31). The maximum atomic E-state index is 13.8. The lowest BCUT2D eigenvalue weighted by Gasteiger charge is -2.40. The predicted molar refractivity (Wildman–Crippen MR) is 135 cm³/mol. The van der Waals surface area contributed by atoms with E-state index in [1.807, 2.05) is 39.0 Å². The van der Waals surface area contributed by atoms with Gasteiger partial charge in [-0.1, -0.05) is 58.2 Å². The maximum Gasteiger partial charge on any atom is 0.272 e. The maximum absolute atomic E-state index is 13.8.